The van der Waals surface area contributed by atoms with Gasteiger partial charge in [0.1, 0.15) is 5.69 Å². The molecule has 3 nitrogen and oxygen atoms in total. The summed E-state index contributed by atoms with van der Waals surface area (Å²) >= 11 is 7.42. The third-order valence-electron chi connectivity index (χ3n) is 3.64. The number of hydrogen-bond donors (Lipinski definition) is 0. The van der Waals surface area contributed by atoms with Gasteiger partial charge in [-0.3, -0.25) is 9.48 Å². The zero-order valence-corrected chi connectivity index (χ0v) is 12.1. The predicted octanol–water partition coefficient (Wildman–Crippen LogP) is 4.58. The molecule has 0 spiro atoms. The number of halogens is 1. The van der Waals surface area contributed by atoms with E-state index < -0.39 is 0 Å². The Morgan fingerprint density at radius 2 is 2.11 bits per heavy atom. The summed E-state index contributed by atoms with van der Waals surface area (Å²) in [7, 11) is 0. The molecule has 0 aliphatic heterocycles. The summed E-state index contributed by atoms with van der Waals surface area (Å²) < 4.78 is 2.70. The minimum atomic E-state index is 0.441. The quantitative estimate of drug-likeness (QED) is 0.777. The van der Waals surface area contributed by atoms with Crippen molar-refractivity contribution < 1.29 is 4.79 Å². The first-order valence-corrected chi connectivity index (χ1v) is 7.77. The Morgan fingerprint density at radius 3 is 2.74 bits per heavy atom. The van der Waals surface area contributed by atoms with E-state index in [0.717, 1.165) is 34.0 Å². The fourth-order valence-corrected chi connectivity index (χ4v) is 3.71. The Morgan fingerprint density at radius 1 is 1.32 bits per heavy atom. The van der Waals surface area contributed by atoms with Crippen LogP contribution in [0.1, 0.15) is 48.5 Å². The third kappa shape index (κ3) is 2.60. The van der Waals surface area contributed by atoms with Crippen LogP contribution in [0.5, 0.6) is 0 Å². The maximum atomic E-state index is 11.2. The number of carbonyl (C=O) groups is 1. The summed E-state index contributed by atoms with van der Waals surface area (Å²) in [4.78, 5) is 12.2. The molecule has 1 saturated carbocycles. The van der Waals surface area contributed by atoms with Crippen molar-refractivity contribution in [2.75, 3.05) is 0 Å². The smallest absolute Gasteiger partial charge is 0.153 e. The van der Waals surface area contributed by atoms with Gasteiger partial charge in [0.2, 0.25) is 0 Å². The maximum absolute atomic E-state index is 11.2. The van der Waals surface area contributed by atoms with E-state index in [1.165, 1.54) is 30.6 Å². The molecule has 0 amide bonds. The van der Waals surface area contributed by atoms with E-state index in [2.05, 4.69) is 5.10 Å². The Hall–Kier alpha value is -1.13. The number of nitrogens with zero attached hydrogens (tertiary/aromatic N) is 2. The highest BCUT2D eigenvalue weighted by atomic mass is 35.5. The van der Waals surface area contributed by atoms with E-state index in [4.69, 9.17) is 11.6 Å². The van der Waals surface area contributed by atoms with Crippen LogP contribution < -0.4 is 0 Å². The highest BCUT2D eigenvalue weighted by molar-refractivity contribution is 7.19. The Balaban J connectivity index is 1.95. The number of rotatable bonds is 3. The molecule has 0 aromatic carbocycles. The summed E-state index contributed by atoms with van der Waals surface area (Å²) in [5.41, 5.74) is 1.42. The number of thiophene rings is 1. The maximum Gasteiger partial charge on any atom is 0.153 e. The lowest BCUT2D eigenvalue weighted by Crippen LogP contribution is -2.13. The molecular weight excluding hydrogens is 280 g/mol. The number of aldehydes is 1. The molecule has 0 bridgehead atoms. The largest absolute Gasteiger partial charge is 0.298 e. The van der Waals surface area contributed by atoms with Crippen LogP contribution in [0.3, 0.4) is 0 Å². The third-order valence-corrected chi connectivity index (χ3v) is 4.88. The lowest BCUT2D eigenvalue weighted by atomic mass is 9.96. The van der Waals surface area contributed by atoms with Gasteiger partial charge in [-0.05, 0) is 25.0 Å². The molecule has 100 valence electrons. The van der Waals surface area contributed by atoms with Crippen molar-refractivity contribution in [3.05, 3.63) is 28.2 Å². The second kappa shape index (κ2) is 5.47. The van der Waals surface area contributed by atoms with Crippen molar-refractivity contribution in [3.63, 3.8) is 0 Å². The first-order valence-electron chi connectivity index (χ1n) is 6.58. The topological polar surface area (TPSA) is 34.9 Å². The van der Waals surface area contributed by atoms with Gasteiger partial charge in [0, 0.05) is 6.20 Å². The van der Waals surface area contributed by atoms with Gasteiger partial charge in [-0.15, -0.1) is 11.3 Å². The molecule has 5 heteroatoms. The van der Waals surface area contributed by atoms with Crippen LogP contribution >= 0.6 is 22.9 Å². The summed E-state index contributed by atoms with van der Waals surface area (Å²) in [6.45, 7) is 0. The normalized spacial score (nSPS) is 16.7. The highest BCUT2D eigenvalue weighted by Gasteiger charge is 2.19. The van der Waals surface area contributed by atoms with E-state index in [-0.39, 0.29) is 0 Å². The van der Waals surface area contributed by atoms with Crippen LogP contribution in [-0.2, 0) is 0 Å². The fraction of sp³-hybridized carbons (Fsp3) is 0.429. The van der Waals surface area contributed by atoms with Gasteiger partial charge in [0.15, 0.2) is 6.29 Å². The van der Waals surface area contributed by atoms with E-state index in [1.807, 2.05) is 23.0 Å². The lowest BCUT2D eigenvalue weighted by Gasteiger charge is -2.21. The predicted molar refractivity (Wildman–Crippen MR) is 78.1 cm³/mol. The SMILES string of the molecule is O=Cc1cn(C2CCCCC2)nc1-c1ccc(Cl)s1. The molecule has 1 aliphatic rings. The number of aromatic nitrogens is 2. The minimum absolute atomic E-state index is 0.441. The zero-order chi connectivity index (χ0) is 13.2. The van der Waals surface area contributed by atoms with Crippen molar-refractivity contribution in [2.45, 2.75) is 38.1 Å². The molecule has 1 aliphatic carbocycles. The fourth-order valence-electron chi connectivity index (χ4n) is 2.66. The first-order chi connectivity index (χ1) is 9.28. The lowest BCUT2D eigenvalue weighted by molar-refractivity contribution is 0.112. The molecule has 0 radical (unpaired) electrons. The van der Waals surface area contributed by atoms with Crippen LogP contribution in [-0.4, -0.2) is 16.1 Å². The summed E-state index contributed by atoms with van der Waals surface area (Å²) in [6, 6.07) is 4.21. The van der Waals surface area contributed by atoms with Crippen LogP contribution in [0, 0.1) is 0 Å². The van der Waals surface area contributed by atoms with Gasteiger partial charge < -0.3 is 0 Å². The van der Waals surface area contributed by atoms with E-state index in [0.29, 0.717) is 11.6 Å². The molecule has 1 fully saturated rings. The van der Waals surface area contributed by atoms with Crippen molar-refractivity contribution in [1.29, 1.82) is 0 Å². The van der Waals surface area contributed by atoms with Gasteiger partial charge in [-0.1, -0.05) is 30.9 Å². The van der Waals surface area contributed by atoms with Crippen LogP contribution in [0.2, 0.25) is 4.34 Å². The minimum Gasteiger partial charge on any atom is -0.298 e. The summed E-state index contributed by atoms with van der Waals surface area (Å²) in [5.74, 6) is 0. The molecule has 3 rings (SSSR count). The second-order valence-electron chi connectivity index (χ2n) is 4.93. The first kappa shape index (κ1) is 12.9. The average Bonchev–Trinajstić information content (AvgIpc) is 3.05. The van der Waals surface area contributed by atoms with Crippen LogP contribution in [0.25, 0.3) is 10.6 Å². The van der Waals surface area contributed by atoms with E-state index in [9.17, 15) is 4.79 Å². The molecular formula is C14H15ClN2OS. The van der Waals surface area contributed by atoms with Crippen LogP contribution in [0.15, 0.2) is 18.3 Å². The van der Waals surface area contributed by atoms with Crippen molar-refractivity contribution in [3.8, 4) is 10.6 Å². The number of hydrogen-bond acceptors (Lipinski definition) is 3. The van der Waals surface area contributed by atoms with E-state index >= 15 is 0 Å². The van der Waals surface area contributed by atoms with Gasteiger partial charge in [-0.25, -0.2) is 0 Å². The average molecular weight is 295 g/mol. The van der Waals surface area contributed by atoms with Crippen molar-refractivity contribution >= 4 is 29.2 Å². The van der Waals surface area contributed by atoms with Gasteiger partial charge >= 0.3 is 0 Å². The van der Waals surface area contributed by atoms with Gasteiger partial charge in [-0.2, -0.15) is 5.10 Å². The van der Waals surface area contributed by atoms with Gasteiger partial charge in [0.05, 0.1) is 20.8 Å². The van der Waals surface area contributed by atoms with Crippen molar-refractivity contribution in [1.82, 2.24) is 9.78 Å². The van der Waals surface area contributed by atoms with Crippen molar-refractivity contribution in [2.24, 2.45) is 0 Å². The number of carbonyl (C=O) groups excluding carboxylic acids is 1. The zero-order valence-electron chi connectivity index (χ0n) is 10.5. The summed E-state index contributed by atoms with van der Waals surface area (Å²) in [6.07, 6.45) is 8.89. The second-order valence-corrected chi connectivity index (χ2v) is 6.64. The monoisotopic (exact) mass is 294 g/mol. The van der Waals surface area contributed by atoms with Gasteiger partial charge in [0.25, 0.3) is 0 Å². The summed E-state index contributed by atoms with van der Waals surface area (Å²) in [5, 5.41) is 4.63. The van der Waals surface area contributed by atoms with E-state index in [1.54, 1.807) is 0 Å². The highest BCUT2D eigenvalue weighted by Crippen LogP contribution is 2.34. The van der Waals surface area contributed by atoms with Crippen LogP contribution in [0.4, 0.5) is 0 Å². The molecule has 0 saturated heterocycles. The molecule has 0 unspecified atom stereocenters. The standard InChI is InChI=1S/C14H15ClN2OS/c15-13-7-6-12(19-13)14-10(9-18)8-17(16-14)11-4-2-1-3-5-11/h6-9,11H,1-5H2. The Bertz CT molecular complexity index is 584. The molecule has 2 aromatic heterocycles. The molecule has 0 N–H and O–H groups in total. The molecule has 2 aromatic rings. The Kier molecular flexibility index (Phi) is 3.71. The molecule has 19 heavy (non-hydrogen) atoms. The molecule has 0 atom stereocenters. The molecule has 2 heterocycles. The Labute approximate surface area is 121 Å².